The number of nitrogens with zero attached hydrogens (tertiary/aromatic N) is 2. The predicted octanol–water partition coefficient (Wildman–Crippen LogP) is 4.02. The van der Waals surface area contributed by atoms with Gasteiger partial charge in [0.05, 0.1) is 11.4 Å². The summed E-state index contributed by atoms with van der Waals surface area (Å²) in [5, 5.41) is 0. The van der Waals surface area contributed by atoms with Crippen LogP contribution in [0, 0.1) is 6.92 Å². The van der Waals surface area contributed by atoms with E-state index in [1.807, 2.05) is 29.8 Å². The topological polar surface area (TPSA) is 43.3 Å². The molecule has 0 bridgehead atoms. The lowest BCUT2D eigenvalue weighted by Crippen LogP contribution is -1.94. The number of nitrogen functional groups attached to an aromatic ring is 1. The zero-order valence-electron chi connectivity index (χ0n) is 12.1. The van der Waals surface area contributed by atoms with E-state index in [0.29, 0.717) is 5.92 Å². The largest absolute Gasteiger partial charge is 0.395 e. The second-order valence-corrected chi connectivity index (χ2v) is 5.55. The highest BCUT2D eigenvalue weighted by Gasteiger charge is 2.08. The van der Waals surface area contributed by atoms with Crippen molar-refractivity contribution in [2.75, 3.05) is 5.73 Å². The summed E-state index contributed by atoms with van der Waals surface area (Å²) in [6.45, 7) is 6.40. The number of hydrogen-bond acceptors (Lipinski definition) is 2. The molecule has 2 N–H and O–H groups in total. The van der Waals surface area contributed by atoms with Crippen LogP contribution >= 0.6 is 0 Å². The number of imidazole rings is 1. The molecule has 0 saturated heterocycles. The Morgan fingerprint density at radius 2 is 1.80 bits per heavy atom. The summed E-state index contributed by atoms with van der Waals surface area (Å²) >= 11 is 0. The molecule has 0 atom stereocenters. The van der Waals surface area contributed by atoms with Crippen molar-refractivity contribution in [2.45, 2.75) is 26.7 Å². The van der Waals surface area contributed by atoms with E-state index < -0.39 is 0 Å². The number of pyridine rings is 1. The molecule has 3 nitrogen and oxygen atoms in total. The second-order valence-electron chi connectivity index (χ2n) is 5.55. The molecule has 0 fully saturated rings. The molecule has 20 heavy (non-hydrogen) atoms. The second kappa shape index (κ2) is 4.67. The first-order valence-corrected chi connectivity index (χ1v) is 6.90. The van der Waals surface area contributed by atoms with E-state index in [1.54, 1.807) is 0 Å². The molecule has 0 aliphatic heterocycles. The van der Waals surface area contributed by atoms with E-state index in [-0.39, 0.29) is 0 Å². The Labute approximate surface area is 119 Å². The van der Waals surface area contributed by atoms with E-state index >= 15 is 0 Å². The number of anilines is 1. The highest BCUT2D eigenvalue weighted by molar-refractivity contribution is 5.73. The van der Waals surface area contributed by atoms with Crippen LogP contribution in [-0.4, -0.2) is 9.38 Å². The Bertz CT molecular complexity index is 752. The molecular weight excluding hydrogens is 246 g/mol. The summed E-state index contributed by atoms with van der Waals surface area (Å²) in [7, 11) is 0. The van der Waals surface area contributed by atoms with Crippen LogP contribution in [0.25, 0.3) is 16.9 Å². The van der Waals surface area contributed by atoms with Gasteiger partial charge in [0.15, 0.2) is 5.65 Å². The molecule has 2 aromatic heterocycles. The van der Waals surface area contributed by atoms with Gasteiger partial charge in [-0.15, -0.1) is 0 Å². The van der Waals surface area contributed by atoms with Gasteiger partial charge >= 0.3 is 0 Å². The fraction of sp³-hybridized carbons (Fsp3) is 0.235. The van der Waals surface area contributed by atoms with Crippen LogP contribution in [0.4, 0.5) is 5.69 Å². The lowest BCUT2D eigenvalue weighted by atomic mass is 10.0. The zero-order chi connectivity index (χ0) is 14.3. The number of nitrogens with two attached hydrogens (primary N) is 1. The highest BCUT2D eigenvalue weighted by Crippen LogP contribution is 2.25. The van der Waals surface area contributed by atoms with Crippen molar-refractivity contribution in [2.24, 2.45) is 0 Å². The molecule has 3 heteroatoms. The summed E-state index contributed by atoms with van der Waals surface area (Å²) in [5.41, 5.74) is 12.1. The number of aryl methyl sites for hydroxylation is 1. The van der Waals surface area contributed by atoms with Gasteiger partial charge in [-0.05, 0) is 30.0 Å². The zero-order valence-corrected chi connectivity index (χ0v) is 12.1. The van der Waals surface area contributed by atoms with Crippen molar-refractivity contribution in [1.29, 1.82) is 0 Å². The summed E-state index contributed by atoms with van der Waals surface area (Å²) in [6.07, 6.45) is 4.02. The molecule has 0 amide bonds. The van der Waals surface area contributed by atoms with Crippen LogP contribution in [0.3, 0.4) is 0 Å². The number of fused-ring (bicyclic) bond motifs is 1. The molecule has 1 aromatic carbocycles. The van der Waals surface area contributed by atoms with Crippen molar-refractivity contribution < 1.29 is 0 Å². The molecular formula is C17H19N3. The van der Waals surface area contributed by atoms with Crippen LogP contribution in [0.5, 0.6) is 0 Å². The molecule has 0 aliphatic rings. The van der Waals surface area contributed by atoms with Crippen LogP contribution in [0.2, 0.25) is 0 Å². The number of hydrogen-bond donors (Lipinski definition) is 1. The number of rotatable bonds is 2. The van der Waals surface area contributed by atoms with Gasteiger partial charge in [-0.25, -0.2) is 4.98 Å². The summed E-state index contributed by atoms with van der Waals surface area (Å²) in [4.78, 5) is 4.66. The van der Waals surface area contributed by atoms with Gasteiger partial charge < -0.3 is 10.1 Å². The van der Waals surface area contributed by atoms with Gasteiger partial charge in [0.1, 0.15) is 0 Å². The smallest absolute Gasteiger partial charge is 0.160 e. The Kier molecular flexibility index (Phi) is 2.97. The first-order valence-electron chi connectivity index (χ1n) is 6.90. The molecule has 0 saturated carbocycles. The number of aromatic nitrogens is 2. The van der Waals surface area contributed by atoms with Gasteiger partial charge in [-0.1, -0.05) is 38.1 Å². The van der Waals surface area contributed by atoms with Gasteiger partial charge in [0.2, 0.25) is 0 Å². The maximum absolute atomic E-state index is 6.09. The third kappa shape index (κ3) is 2.05. The molecule has 0 unspecified atom stereocenters. The fourth-order valence-electron chi connectivity index (χ4n) is 2.34. The van der Waals surface area contributed by atoms with E-state index in [2.05, 4.69) is 43.1 Å². The molecule has 0 aliphatic carbocycles. The van der Waals surface area contributed by atoms with Gasteiger partial charge in [0, 0.05) is 18.0 Å². The monoisotopic (exact) mass is 265 g/mol. The van der Waals surface area contributed by atoms with Gasteiger partial charge in [-0.2, -0.15) is 0 Å². The third-order valence-corrected chi connectivity index (χ3v) is 3.76. The van der Waals surface area contributed by atoms with Crippen LogP contribution in [0.1, 0.15) is 30.9 Å². The van der Waals surface area contributed by atoms with Gasteiger partial charge in [0.25, 0.3) is 0 Å². The SMILES string of the molecule is Cc1ccn2cc(-c3ccc(C(C)C)cc3)nc2c1N. The maximum atomic E-state index is 6.09. The Morgan fingerprint density at radius 1 is 1.10 bits per heavy atom. The highest BCUT2D eigenvalue weighted by atomic mass is 15.0. The van der Waals surface area contributed by atoms with E-state index in [4.69, 9.17) is 5.73 Å². The number of benzene rings is 1. The van der Waals surface area contributed by atoms with Crippen molar-refractivity contribution in [3.63, 3.8) is 0 Å². The first kappa shape index (κ1) is 12.7. The maximum Gasteiger partial charge on any atom is 0.160 e. The quantitative estimate of drug-likeness (QED) is 0.760. The predicted molar refractivity (Wildman–Crippen MR) is 83.9 cm³/mol. The van der Waals surface area contributed by atoms with Crippen molar-refractivity contribution in [3.8, 4) is 11.3 Å². The van der Waals surface area contributed by atoms with E-state index in [1.165, 1.54) is 5.56 Å². The van der Waals surface area contributed by atoms with Crippen LogP contribution < -0.4 is 5.73 Å². The van der Waals surface area contributed by atoms with Crippen molar-refractivity contribution in [3.05, 3.63) is 53.9 Å². The molecule has 0 spiro atoms. The molecule has 102 valence electrons. The average Bonchev–Trinajstić information content (AvgIpc) is 2.88. The Balaban J connectivity index is 2.08. The fourth-order valence-corrected chi connectivity index (χ4v) is 2.34. The Hall–Kier alpha value is -2.29. The third-order valence-electron chi connectivity index (χ3n) is 3.76. The minimum atomic E-state index is 0.545. The standard InChI is InChI=1S/C17H19N3/c1-11(2)13-4-6-14(7-5-13)15-10-20-9-8-12(3)16(18)17(20)19-15/h4-11H,18H2,1-3H3. The van der Waals surface area contributed by atoms with Gasteiger partial charge in [-0.3, -0.25) is 0 Å². The minimum Gasteiger partial charge on any atom is -0.395 e. The lowest BCUT2D eigenvalue weighted by Gasteiger charge is -2.05. The molecule has 3 rings (SSSR count). The van der Waals surface area contributed by atoms with Crippen molar-refractivity contribution >= 4 is 11.3 Å². The Morgan fingerprint density at radius 3 is 2.45 bits per heavy atom. The molecule has 3 aromatic rings. The van der Waals surface area contributed by atoms with Crippen molar-refractivity contribution in [1.82, 2.24) is 9.38 Å². The summed E-state index contributed by atoms with van der Waals surface area (Å²) in [6, 6.07) is 10.6. The van der Waals surface area contributed by atoms with Crippen LogP contribution in [0.15, 0.2) is 42.7 Å². The average molecular weight is 265 g/mol. The first-order chi connectivity index (χ1) is 9.56. The summed E-state index contributed by atoms with van der Waals surface area (Å²) in [5.74, 6) is 0.545. The normalized spacial score (nSPS) is 11.4. The minimum absolute atomic E-state index is 0.545. The van der Waals surface area contributed by atoms with E-state index in [9.17, 15) is 0 Å². The lowest BCUT2D eigenvalue weighted by molar-refractivity contribution is 0.867. The van der Waals surface area contributed by atoms with E-state index in [0.717, 1.165) is 28.2 Å². The summed E-state index contributed by atoms with van der Waals surface area (Å²) < 4.78 is 1.98. The molecule has 0 radical (unpaired) electrons. The molecule has 2 heterocycles. The van der Waals surface area contributed by atoms with Crippen LogP contribution in [-0.2, 0) is 0 Å².